The van der Waals surface area contributed by atoms with E-state index >= 15 is 0 Å². The Hall–Kier alpha value is -0.890. The number of halogens is 2. The minimum atomic E-state index is -0.139. The Bertz CT molecular complexity index is 719. The van der Waals surface area contributed by atoms with E-state index in [1.54, 1.807) is 0 Å². The predicted molar refractivity (Wildman–Crippen MR) is 110 cm³/mol. The van der Waals surface area contributed by atoms with Crippen LogP contribution < -0.4 is 10.6 Å². The van der Waals surface area contributed by atoms with E-state index in [0.29, 0.717) is 22.5 Å². The van der Waals surface area contributed by atoms with Crippen molar-refractivity contribution in [2.75, 3.05) is 26.2 Å². The van der Waals surface area contributed by atoms with Crippen molar-refractivity contribution in [1.29, 1.82) is 0 Å². The van der Waals surface area contributed by atoms with Crippen LogP contribution in [0.5, 0.6) is 0 Å². The highest BCUT2D eigenvalue weighted by atomic mass is 35.5. The van der Waals surface area contributed by atoms with E-state index in [9.17, 15) is 4.79 Å². The number of carbonyl (C=O) groups excluding carboxylic acids is 1. The van der Waals surface area contributed by atoms with Crippen LogP contribution in [0, 0.1) is 0 Å². The number of morpholine rings is 1. The zero-order valence-electron chi connectivity index (χ0n) is 16.2. The van der Waals surface area contributed by atoms with Crippen molar-refractivity contribution in [3.8, 4) is 0 Å². The number of rotatable bonds is 4. The van der Waals surface area contributed by atoms with Crippen LogP contribution in [-0.4, -0.2) is 66.5 Å². The lowest BCUT2D eigenvalue weighted by molar-refractivity contribution is -0.132. The largest absolute Gasteiger partial charge is 0.376 e. The molecule has 1 aromatic carbocycles. The van der Waals surface area contributed by atoms with Crippen LogP contribution in [0.15, 0.2) is 18.2 Å². The van der Waals surface area contributed by atoms with E-state index in [4.69, 9.17) is 27.9 Å². The molecule has 154 valence electrons. The predicted octanol–water partition coefficient (Wildman–Crippen LogP) is 2.44. The molecule has 3 heterocycles. The molecule has 0 aromatic heterocycles. The molecule has 3 aliphatic rings. The molecule has 8 heteroatoms. The van der Waals surface area contributed by atoms with Crippen LogP contribution in [-0.2, 0) is 16.0 Å². The van der Waals surface area contributed by atoms with Crippen molar-refractivity contribution < 1.29 is 9.53 Å². The number of likely N-dealkylation sites (tertiary alicyclic amines) is 1. The van der Waals surface area contributed by atoms with Crippen molar-refractivity contribution in [2.45, 2.75) is 57.2 Å². The van der Waals surface area contributed by atoms with Crippen molar-refractivity contribution in [3.63, 3.8) is 0 Å². The van der Waals surface area contributed by atoms with E-state index in [-0.39, 0.29) is 24.5 Å². The number of ether oxygens (including phenoxy) is 1. The van der Waals surface area contributed by atoms with Gasteiger partial charge in [0.2, 0.25) is 5.91 Å². The van der Waals surface area contributed by atoms with Crippen LogP contribution in [0.3, 0.4) is 0 Å². The van der Waals surface area contributed by atoms with Crippen molar-refractivity contribution in [3.05, 3.63) is 33.8 Å². The van der Waals surface area contributed by atoms with Gasteiger partial charge < -0.3 is 10.1 Å². The zero-order valence-corrected chi connectivity index (χ0v) is 17.7. The first-order chi connectivity index (χ1) is 13.5. The van der Waals surface area contributed by atoms with Gasteiger partial charge in [-0.25, -0.2) is 0 Å². The summed E-state index contributed by atoms with van der Waals surface area (Å²) in [4.78, 5) is 17.2. The van der Waals surface area contributed by atoms with E-state index in [1.807, 2.05) is 18.2 Å². The minimum Gasteiger partial charge on any atom is -0.376 e. The van der Waals surface area contributed by atoms with Gasteiger partial charge in [-0.2, -0.15) is 0 Å². The van der Waals surface area contributed by atoms with Gasteiger partial charge in [-0.3, -0.25) is 19.9 Å². The third kappa shape index (κ3) is 4.64. The van der Waals surface area contributed by atoms with Crippen molar-refractivity contribution >= 4 is 29.1 Å². The van der Waals surface area contributed by atoms with Crippen LogP contribution in [0.1, 0.15) is 31.7 Å². The van der Waals surface area contributed by atoms with Gasteiger partial charge in [-0.05, 0) is 43.9 Å². The molecule has 0 saturated carbocycles. The number of amides is 1. The lowest BCUT2D eigenvalue weighted by atomic mass is 10.0. The first kappa shape index (κ1) is 20.4. The summed E-state index contributed by atoms with van der Waals surface area (Å²) >= 11 is 12.2. The third-order valence-electron chi connectivity index (χ3n) is 5.95. The number of nitrogens with one attached hydrogen (secondary N) is 2. The summed E-state index contributed by atoms with van der Waals surface area (Å²) in [5, 5.41) is 7.99. The summed E-state index contributed by atoms with van der Waals surface area (Å²) in [5.41, 5.74) is 1.17. The number of benzene rings is 1. The third-order valence-corrected chi connectivity index (χ3v) is 6.69. The topological polar surface area (TPSA) is 56.8 Å². The highest BCUT2D eigenvalue weighted by Crippen LogP contribution is 2.27. The highest BCUT2D eigenvalue weighted by molar-refractivity contribution is 6.42. The normalized spacial score (nSPS) is 32.5. The molecule has 4 rings (SSSR count). The quantitative estimate of drug-likeness (QED) is 0.773. The summed E-state index contributed by atoms with van der Waals surface area (Å²) in [7, 11) is 0. The fourth-order valence-electron chi connectivity index (χ4n) is 4.57. The van der Waals surface area contributed by atoms with Crippen LogP contribution >= 0.6 is 23.2 Å². The Balaban J connectivity index is 1.43. The van der Waals surface area contributed by atoms with Gasteiger partial charge in [0.05, 0.1) is 35.3 Å². The molecule has 2 unspecified atom stereocenters. The fraction of sp³-hybridized carbons (Fsp3) is 0.650. The maximum atomic E-state index is 12.4. The summed E-state index contributed by atoms with van der Waals surface area (Å²) in [5.74, 6) is 0.105. The average molecular weight is 427 g/mol. The molecule has 28 heavy (non-hydrogen) atoms. The standard InChI is InChI=1S/C20H28Cl2N4O2/c1-13-12-25(7-8-28-13)18-11-19(27)24-20(23-18)26-6-2-3-15(26)9-14-4-5-16(21)17(22)10-14/h4-5,10,13,15,18,20,23H,2-3,6-9,11-12H2,1H3,(H,24,27)/t13-,15-,18?,20?/m1/s1. The molecule has 3 aliphatic heterocycles. The van der Waals surface area contributed by atoms with E-state index in [1.165, 1.54) is 5.56 Å². The molecule has 0 spiro atoms. The van der Waals surface area contributed by atoms with Crippen LogP contribution in [0.2, 0.25) is 10.0 Å². The number of hydrogen-bond donors (Lipinski definition) is 2. The minimum absolute atomic E-state index is 0.0522. The average Bonchev–Trinajstić information content (AvgIpc) is 3.12. The van der Waals surface area contributed by atoms with Gasteiger partial charge in [0.1, 0.15) is 6.29 Å². The maximum Gasteiger partial charge on any atom is 0.225 e. The summed E-state index contributed by atoms with van der Waals surface area (Å²) in [6, 6.07) is 6.20. The van der Waals surface area contributed by atoms with Gasteiger partial charge in [0.25, 0.3) is 0 Å². The second kappa shape index (κ2) is 8.86. The summed E-state index contributed by atoms with van der Waals surface area (Å²) in [6.07, 6.45) is 3.72. The van der Waals surface area contributed by atoms with Crippen molar-refractivity contribution in [2.24, 2.45) is 0 Å². The van der Waals surface area contributed by atoms with Gasteiger partial charge in [-0.15, -0.1) is 0 Å². The Labute approximate surface area is 176 Å². The molecule has 1 aromatic rings. The first-order valence-electron chi connectivity index (χ1n) is 10.1. The van der Waals surface area contributed by atoms with E-state index in [0.717, 1.165) is 45.5 Å². The fourth-order valence-corrected chi connectivity index (χ4v) is 4.89. The van der Waals surface area contributed by atoms with Gasteiger partial charge in [-0.1, -0.05) is 29.3 Å². The lowest BCUT2D eigenvalue weighted by Gasteiger charge is -2.45. The number of hydrogen-bond acceptors (Lipinski definition) is 5. The van der Waals surface area contributed by atoms with Crippen LogP contribution in [0.25, 0.3) is 0 Å². The molecule has 2 N–H and O–H groups in total. The van der Waals surface area contributed by atoms with E-state index in [2.05, 4.69) is 27.4 Å². The molecule has 0 bridgehead atoms. The lowest BCUT2D eigenvalue weighted by Crippen LogP contribution is -2.69. The van der Waals surface area contributed by atoms with Gasteiger partial charge in [0, 0.05) is 25.7 Å². The second-order valence-electron chi connectivity index (χ2n) is 8.02. The monoisotopic (exact) mass is 426 g/mol. The van der Waals surface area contributed by atoms with Crippen molar-refractivity contribution in [1.82, 2.24) is 20.4 Å². The molecule has 1 amide bonds. The molecule has 4 atom stereocenters. The SMILES string of the molecule is C[C@@H]1CN(C2CC(=O)NC(N3CCC[C@@H]3Cc3ccc(Cl)c(Cl)c3)N2)CCO1. The van der Waals surface area contributed by atoms with Gasteiger partial charge >= 0.3 is 0 Å². The number of carbonyl (C=O) groups is 1. The molecule has 3 saturated heterocycles. The summed E-state index contributed by atoms with van der Waals surface area (Å²) in [6.45, 7) is 5.48. The Morgan fingerprint density at radius 1 is 1.25 bits per heavy atom. The highest BCUT2D eigenvalue weighted by Gasteiger charge is 2.38. The molecule has 6 nitrogen and oxygen atoms in total. The first-order valence-corrected chi connectivity index (χ1v) is 10.9. The molecule has 3 fully saturated rings. The Morgan fingerprint density at radius 3 is 2.89 bits per heavy atom. The molecule has 0 aliphatic carbocycles. The smallest absolute Gasteiger partial charge is 0.225 e. The molecule has 0 radical (unpaired) electrons. The van der Waals surface area contributed by atoms with E-state index < -0.39 is 0 Å². The maximum absolute atomic E-state index is 12.4. The Morgan fingerprint density at radius 2 is 2.11 bits per heavy atom. The molecular formula is C20H28Cl2N4O2. The Kier molecular flexibility index (Phi) is 6.45. The zero-order chi connectivity index (χ0) is 19.7. The number of nitrogens with zero attached hydrogens (tertiary/aromatic N) is 2. The van der Waals surface area contributed by atoms with Gasteiger partial charge in [0.15, 0.2) is 0 Å². The summed E-state index contributed by atoms with van der Waals surface area (Å²) < 4.78 is 5.65. The second-order valence-corrected chi connectivity index (χ2v) is 8.83. The van der Waals surface area contributed by atoms with Crippen LogP contribution in [0.4, 0.5) is 0 Å². The molecular weight excluding hydrogens is 399 g/mol.